The summed E-state index contributed by atoms with van der Waals surface area (Å²) in [6.07, 6.45) is 0.930. The standard InChI is InChI=1S/C17H15N3O3S/c1-3-11-8-9-14-15(10-11)24-17(19(14)2)18-16(21)12-6-4-5-7-13(12)20(22)23/h4-10H,3H2,1-2H3. The van der Waals surface area contributed by atoms with Gasteiger partial charge in [0.2, 0.25) is 0 Å². The molecule has 3 aromatic rings. The second-order valence-corrected chi connectivity index (χ2v) is 6.30. The minimum atomic E-state index is -0.611. The molecule has 0 atom stereocenters. The number of amides is 1. The topological polar surface area (TPSA) is 77.5 Å². The average molecular weight is 341 g/mol. The molecule has 0 spiro atoms. The summed E-state index contributed by atoms with van der Waals surface area (Å²) < 4.78 is 2.86. The Labute approximate surface area is 141 Å². The number of rotatable bonds is 3. The van der Waals surface area contributed by atoms with E-state index in [1.807, 2.05) is 23.7 Å². The van der Waals surface area contributed by atoms with Crippen molar-refractivity contribution in [3.8, 4) is 0 Å². The minimum Gasteiger partial charge on any atom is -0.319 e. The molecule has 0 fully saturated rings. The fraction of sp³-hybridized carbons (Fsp3) is 0.176. The van der Waals surface area contributed by atoms with Gasteiger partial charge in [-0.2, -0.15) is 4.99 Å². The van der Waals surface area contributed by atoms with Crippen LogP contribution in [0.4, 0.5) is 5.69 Å². The van der Waals surface area contributed by atoms with Gasteiger partial charge in [-0.25, -0.2) is 0 Å². The highest BCUT2D eigenvalue weighted by atomic mass is 32.1. The van der Waals surface area contributed by atoms with Crippen LogP contribution in [0.2, 0.25) is 0 Å². The van der Waals surface area contributed by atoms with Gasteiger partial charge in [-0.05, 0) is 30.2 Å². The molecule has 0 aliphatic rings. The van der Waals surface area contributed by atoms with E-state index < -0.39 is 10.8 Å². The zero-order chi connectivity index (χ0) is 17.3. The fourth-order valence-electron chi connectivity index (χ4n) is 2.47. The Hall–Kier alpha value is -2.80. The lowest BCUT2D eigenvalue weighted by Gasteiger charge is -1.98. The SMILES string of the molecule is CCc1ccc2c(c1)sc(=NC(=O)c1ccccc1[N+](=O)[O-])n2C. The number of nitro groups is 1. The number of aryl methyl sites for hydroxylation is 2. The van der Waals surface area contributed by atoms with Gasteiger partial charge < -0.3 is 4.57 Å². The monoisotopic (exact) mass is 341 g/mol. The molecule has 0 aliphatic heterocycles. The number of hydrogen-bond donors (Lipinski definition) is 0. The summed E-state index contributed by atoms with van der Waals surface area (Å²) >= 11 is 1.40. The third kappa shape index (κ3) is 2.85. The molecule has 0 unspecified atom stereocenters. The van der Waals surface area contributed by atoms with Crippen molar-refractivity contribution in [3.05, 3.63) is 68.5 Å². The number of hydrogen-bond acceptors (Lipinski definition) is 4. The maximum Gasteiger partial charge on any atom is 0.286 e. The van der Waals surface area contributed by atoms with E-state index in [4.69, 9.17) is 0 Å². The Kier molecular flexibility index (Phi) is 4.26. The zero-order valence-corrected chi connectivity index (χ0v) is 14.0. The predicted octanol–water partition coefficient (Wildman–Crippen LogP) is 3.45. The number of para-hydroxylation sites is 1. The van der Waals surface area contributed by atoms with Crippen molar-refractivity contribution in [1.82, 2.24) is 4.57 Å². The minimum absolute atomic E-state index is 0.00537. The Morgan fingerprint density at radius 2 is 2.04 bits per heavy atom. The molecule has 1 amide bonds. The number of fused-ring (bicyclic) bond motifs is 1. The number of nitro benzene ring substituents is 1. The summed E-state index contributed by atoms with van der Waals surface area (Å²) in [4.78, 5) is 27.5. The smallest absolute Gasteiger partial charge is 0.286 e. The number of nitrogens with zero attached hydrogens (tertiary/aromatic N) is 3. The second-order valence-electron chi connectivity index (χ2n) is 5.29. The van der Waals surface area contributed by atoms with E-state index in [1.165, 1.54) is 35.1 Å². The lowest BCUT2D eigenvalue weighted by Crippen LogP contribution is -2.14. The number of aromatic nitrogens is 1. The first-order chi connectivity index (χ1) is 11.5. The van der Waals surface area contributed by atoms with Crippen LogP contribution in [0.25, 0.3) is 10.2 Å². The highest BCUT2D eigenvalue weighted by Gasteiger charge is 2.19. The van der Waals surface area contributed by atoms with E-state index in [1.54, 1.807) is 6.07 Å². The Morgan fingerprint density at radius 3 is 2.75 bits per heavy atom. The van der Waals surface area contributed by atoms with Crippen molar-refractivity contribution in [2.75, 3.05) is 0 Å². The third-order valence-corrected chi connectivity index (χ3v) is 4.90. The largest absolute Gasteiger partial charge is 0.319 e. The van der Waals surface area contributed by atoms with Crippen LogP contribution in [-0.2, 0) is 13.5 Å². The van der Waals surface area contributed by atoms with E-state index in [-0.39, 0.29) is 11.3 Å². The number of benzene rings is 2. The van der Waals surface area contributed by atoms with Crippen molar-refractivity contribution < 1.29 is 9.72 Å². The molecule has 1 aromatic heterocycles. The summed E-state index contributed by atoms with van der Waals surface area (Å²) in [7, 11) is 1.83. The van der Waals surface area contributed by atoms with Gasteiger partial charge in [0.15, 0.2) is 4.80 Å². The van der Waals surface area contributed by atoms with Gasteiger partial charge in [0, 0.05) is 13.1 Å². The summed E-state index contributed by atoms with van der Waals surface area (Å²) in [5, 5.41) is 11.1. The summed E-state index contributed by atoms with van der Waals surface area (Å²) in [6.45, 7) is 2.08. The molecular formula is C17H15N3O3S. The van der Waals surface area contributed by atoms with Gasteiger partial charge in [0.05, 0.1) is 15.1 Å². The van der Waals surface area contributed by atoms with Gasteiger partial charge >= 0.3 is 0 Å². The van der Waals surface area contributed by atoms with Crippen molar-refractivity contribution >= 4 is 33.1 Å². The van der Waals surface area contributed by atoms with Gasteiger partial charge in [-0.15, -0.1) is 0 Å². The molecule has 0 N–H and O–H groups in total. The van der Waals surface area contributed by atoms with Crippen LogP contribution in [0, 0.1) is 10.1 Å². The highest BCUT2D eigenvalue weighted by molar-refractivity contribution is 7.16. The maximum atomic E-state index is 12.4. The number of carbonyl (C=O) groups excluding carboxylic acids is 1. The molecule has 0 radical (unpaired) electrons. The quantitative estimate of drug-likeness (QED) is 0.541. The van der Waals surface area contributed by atoms with E-state index in [0.29, 0.717) is 4.80 Å². The van der Waals surface area contributed by atoms with Crippen LogP contribution in [0.3, 0.4) is 0 Å². The van der Waals surface area contributed by atoms with Crippen molar-refractivity contribution in [2.45, 2.75) is 13.3 Å². The van der Waals surface area contributed by atoms with Gasteiger partial charge in [0.1, 0.15) is 5.56 Å². The fourth-order valence-corrected chi connectivity index (χ4v) is 3.55. The van der Waals surface area contributed by atoms with E-state index in [0.717, 1.165) is 16.6 Å². The van der Waals surface area contributed by atoms with Gasteiger partial charge in [-0.1, -0.05) is 36.5 Å². The lowest BCUT2D eigenvalue weighted by atomic mass is 10.2. The van der Waals surface area contributed by atoms with Crippen LogP contribution in [0.15, 0.2) is 47.5 Å². The summed E-state index contributed by atoms with van der Waals surface area (Å²) in [5.74, 6) is -0.611. The lowest BCUT2D eigenvalue weighted by molar-refractivity contribution is -0.385. The number of carbonyl (C=O) groups is 1. The molecule has 0 aliphatic carbocycles. The average Bonchev–Trinajstić information content (AvgIpc) is 2.90. The molecule has 6 nitrogen and oxygen atoms in total. The van der Waals surface area contributed by atoms with Crippen molar-refractivity contribution in [2.24, 2.45) is 12.0 Å². The van der Waals surface area contributed by atoms with E-state index in [2.05, 4.69) is 18.0 Å². The maximum absolute atomic E-state index is 12.4. The molecule has 24 heavy (non-hydrogen) atoms. The van der Waals surface area contributed by atoms with Crippen LogP contribution >= 0.6 is 11.3 Å². The molecule has 0 bridgehead atoms. The molecule has 0 saturated heterocycles. The second kappa shape index (κ2) is 6.37. The molecule has 2 aromatic carbocycles. The van der Waals surface area contributed by atoms with Gasteiger partial charge in [-0.3, -0.25) is 14.9 Å². The first kappa shape index (κ1) is 16.1. The van der Waals surface area contributed by atoms with Crippen LogP contribution in [-0.4, -0.2) is 15.4 Å². The van der Waals surface area contributed by atoms with E-state index >= 15 is 0 Å². The molecule has 0 saturated carbocycles. The van der Waals surface area contributed by atoms with Gasteiger partial charge in [0.25, 0.3) is 11.6 Å². The number of thiazole rings is 1. The van der Waals surface area contributed by atoms with Crippen LogP contribution in [0.1, 0.15) is 22.8 Å². The third-order valence-electron chi connectivity index (χ3n) is 3.81. The Balaban J connectivity index is 2.12. The highest BCUT2D eigenvalue weighted by Crippen LogP contribution is 2.20. The first-order valence-corrected chi connectivity index (χ1v) is 8.24. The molecular weight excluding hydrogens is 326 g/mol. The normalized spacial score (nSPS) is 11.8. The summed E-state index contributed by atoms with van der Waals surface area (Å²) in [6, 6.07) is 12.0. The van der Waals surface area contributed by atoms with Crippen molar-refractivity contribution in [1.29, 1.82) is 0 Å². The summed E-state index contributed by atoms with van der Waals surface area (Å²) in [5.41, 5.74) is 1.95. The first-order valence-electron chi connectivity index (χ1n) is 7.42. The van der Waals surface area contributed by atoms with E-state index in [9.17, 15) is 14.9 Å². The Bertz CT molecular complexity index is 1020. The van der Waals surface area contributed by atoms with Crippen molar-refractivity contribution in [3.63, 3.8) is 0 Å². The molecule has 7 heteroatoms. The Morgan fingerprint density at radius 1 is 1.29 bits per heavy atom. The zero-order valence-electron chi connectivity index (χ0n) is 13.2. The van der Waals surface area contributed by atoms with Crippen LogP contribution in [0.5, 0.6) is 0 Å². The molecule has 122 valence electrons. The molecule has 1 heterocycles. The molecule has 3 rings (SSSR count). The predicted molar refractivity (Wildman–Crippen MR) is 93.2 cm³/mol. The van der Waals surface area contributed by atoms with Crippen LogP contribution < -0.4 is 4.80 Å².